The van der Waals surface area contributed by atoms with E-state index >= 15 is 0 Å². The van der Waals surface area contributed by atoms with Gasteiger partial charge >= 0.3 is 0 Å². The molecule has 1 saturated carbocycles. The normalized spacial score (nSPS) is 20.3. The van der Waals surface area contributed by atoms with Crippen molar-refractivity contribution in [3.8, 4) is 11.4 Å². The van der Waals surface area contributed by atoms with Gasteiger partial charge in [0.2, 0.25) is 17.6 Å². The summed E-state index contributed by atoms with van der Waals surface area (Å²) in [5.74, 6) is 1.66. The van der Waals surface area contributed by atoms with Crippen LogP contribution in [-0.4, -0.2) is 47.1 Å². The molecule has 1 atom stereocenters. The Bertz CT molecular complexity index is 757. The first-order chi connectivity index (χ1) is 12.7. The molecule has 0 spiro atoms. The number of carbonyl (C=O) groups excluding carboxylic acids is 1. The van der Waals surface area contributed by atoms with Gasteiger partial charge in [-0.15, -0.1) is 0 Å². The second-order valence-corrected chi connectivity index (χ2v) is 7.22. The Labute approximate surface area is 151 Å². The van der Waals surface area contributed by atoms with Crippen molar-refractivity contribution in [3.63, 3.8) is 0 Å². The summed E-state index contributed by atoms with van der Waals surface area (Å²) in [5.41, 5.74) is 0.717. The number of nitrogens with one attached hydrogen (secondary N) is 1. The van der Waals surface area contributed by atoms with Crippen molar-refractivity contribution in [2.75, 3.05) is 26.2 Å². The Morgan fingerprint density at radius 2 is 2.08 bits per heavy atom. The van der Waals surface area contributed by atoms with Crippen molar-refractivity contribution < 1.29 is 13.7 Å². The van der Waals surface area contributed by atoms with Crippen LogP contribution in [-0.2, 0) is 4.79 Å². The summed E-state index contributed by atoms with van der Waals surface area (Å²) in [5, 5.41) is 7.27. The predicted molar refractivity (Wildman–Crippen MR) is 93.8 cm³/mol. The fourth-order valence-electron chi connectivity index (χ4n) is 3.34. The molecule has 26 heavy (non-hydrogen) atoms. The number of rotatable bonds is 6. The van der Waals surface area contributed by atoms with Gasteiger partial charge in [0.1, 0.15) is 5.82 Å². The van der Waals surface area contributed by atoms with Crippen molar-refractivity contribution in [2.24, 2.45) is 5.92 Å². The molecule has 1 aliphatic carbocycles. The minimum absolute atomic E-state index is 0.0535. The van der Waals surface area contributed by atoms with E-state index in [0.717, 1.165) is 37.4 Å². The average Bonchev–Trinajstić information content (AvgIpc) is 3.36. The summed E-state index contributed by atoms with van der Waals surface area (Å²) in [4.78, 5) is 18.7. The SMILES string of the molecule is O=C(CNCC1CC1)N1CCCC(c2nc(-c3ccc(F)cc3)no2)C1. The molecule has 7 heteroatoms. The molecule has 0 bridgehead atoms. The van der Waals surface area contributed by atoms with E-state index in [2.05, 4.69) is 15.5 Å². The van der Waals surface area contributed by atoms with Gasteiger partial charge in [-0.25, -0.2) is 4.39 Å². The van der Waals surface area contributed by atoms with E-state index in [-0.39, 0.29) is 17.6 Å². The smallest absolute Gasteiger partial charge is 0.236 e. The third kappa shape index (κ3) is 4.09. The highest BCUT2D eigenvalue weighted by molar-refractivity contribution is 5.78. The molecular weight excluding hydrogens is 335 g/mol. The number of hydrogen-bond acceptors (Lipinski definition) is 5. The molecule has 2 heterocycles. The molecule has 1 N–H and O–H groups in total. The number of benzene rings is 1. The van der Waals surface area contributed by atoms with E-state index in [1.807, 2.05) is 4.90 Å². The van der Waals surface area contributed by atoms with Crippen LogP contribution in [0.3, 0.4) is 0 Å². The van der Waals surface area contributed by atoms with E-state index < -0.39 is 0 Å². The van der Waals surface area contributed by atoms with Gasteiger partial charge in [-0.05, 0) is 62.4 Å². The lowest BCUT2D eigenvalue weighted by molar-refractivity contribution is -0.131. The van der Waals surface area contributed by atoms with Crippen LogP contribution in [0.2, 0.25) is 0 Å². The van der Waals surface area contributed by atoms with E-state index in [9.17, 15) is 9.18 Å². The molecule has 1 amide bonds. The number of carbonyl (C=O) groups is 1. The van der Waals surface area contributed by atoms with Gasteiger partial charge in [0.15, 0.2) is 0 Å². The van der Waals surface area contributed by atoms with Crippen LogP contribution in [0.1, 0.15) is 37.5 Å². The zero-order valence-corrected chi connectivity index (χ0v) is 14.7. The highest BCUT2D eigenvalue weighted by Crippen LogP contribution is 2.28. The minimum atomic E-state index is -0.297. The molecule has 4 rings (SSSR count). The van der Waals surface area contributed by atoms with Crippen molar-refractivity contribution in [1.29, 1.82) is 0 Å². The van der Waals surface area contributed by atoms with Crippen LogP contribution in [0, 0.1) is 11.7 Å². The van der Waals surface area contributed by atoms with Gasteiger partial charge < -0.3 is 14.7 Å². The van der Waals surface area contributed by atoms with Gasteiger partial charge in [-0.3, -0.25) is 4.79 Å². The van der Waals surface area contributed by atoms with Gasteiger partial charge in [-0.2, -0.15) is 4.98 Å². The zero-order chi connectivity index (χ0) is 17.9. The summed E-state index contributed by atoms with van der Waals surface area (Å²) in [6.07, 6.45) is 4.40. The first-order valence-corrected chi connectivity index (χ1v) is 9.27. The number of halogens is 1. The van der Waals surface area contributed by atoms with Crippen molar-refractivity contribution in [2.45, 2.75) is 31.6 Å². The molecular formula is C19H23FN4O2. The maximum absolute atomic E-state index is 13.0. The second kappa shape index (κ2) is 7.53. The van der Waals surface area contributed by atoms with E-state index in [1.54, 1.807) is 12.1 Å². The average molecular weight is 358 g/mol. The van der Waals surface area contributed by atoms with Crippen LogP contribution in [0.15, 0.2) is 28.8 Å². The summed E-state index contributed by atoms with van der Waals surface area (Å²) in [7, 11) is 0. The first-order valence-electron chi connectivity index (χ1n) is 9.27. The molecule has 1 aliphatic heterocycles. The fourth-order valence-corrected chi connectivity index (χ4v) is 3.34. The van der Waals surface area contributed by atoms with Crippen LogP contribution < -0.4 is 5.32 Å². The fraction of sp³-hybridized carbons (Fsp3) is 0.526. The summed E-state index contributed by atoms with van der Waals surface area (Å²) >= 11 is 0. The number of likely N-dealkylation sites (tertiary alicyclic amines) is 1. The lowest BCUT2D eigenvalue weighted by atomic mass is 9.98. The molecule has 1 unspecified atom stereocenters. The molecule has 1 aromatic heterocycles. The molecule has 138 valence electrons. The highest BCUT2D eigenvalue weighted by Gasteiger charge is 2.29. The molecule has 1 aromatic carbocycles. The third-order valence-corrected chi connectivity index (χ3v) is 5.07. The first kappa shape index (κ1) is 17.1. The molecule has 2 aromatic rings. The number of nitrogens with zero attached hydrogens (tertiary/aromatic N) is 3. The second-order valence-electron chi connectivity index (χ2n) is 7.22. The van der Waals surface area contributed by atoms with Crippen LogP contribution in [0.25, 0.3) is 11.4 Å². The van der Waals surface area contributed by atoms with Crippen LogP contribution in [0.4, 0.5) is 4.39 Å². The molecule has 2 aliphatic rings. The molecule has 1 saturated heterocycles. The largest absolute Gasteiger partial charge is 0.341 e. The quantitative estimate of drug-likeness (QED) is 0.859. The Balaban J connectivity index is 1.36. The number of hydrogen-bond donors (Lipinski definition) is 1. The van der Waals surface area contributed by atoms with Crippen LogP contribution >= 0.6 is 0 Å². The summed E-state index contributed by atoms with van der Waals surface area (Å²) in [6, 6.07) is 6.01. The van der Waals surface area contributed by atoms with Crippen molar-refractivity contribution in [1.82, 2.24) is 20.4 Å². The number of amides is 1. The maximum Gasteiger partial charge on any atom is 0.236 e. The van der Waals surface area contributed by atoms with E-state index in [4.69, 9.17) is 4.52 Å². The Kier molecular flexibility index (Phi) is 4.97. The monoisotopic (exact) mass is 358 g/mol. The molecule has 6 nitrogen and oxygen atoms in total. The lowest BCUT2D eigenvalue weighted by Crippen LogP contribution is -2.43. The van der Waals surface area contributed by atoms with E-state index in [0.29, 0.717) is 24.8 Å². The zero-order valence-electron chi connectivity index (χ0n) is 14.7. The third-order valence-electron chi connectivity index (χ3n) is 5.07. The standard InChI is InChI=1S/C19H23FN4O2/c20-16-7-5-14(6-8-16)18-22-19(26-23-18)15-2-1-9-24(12-15)17(25)11-21-10-13-3-4-13/h5-8,13,15,21H,1-4,9-12H2. The van der Waals surface area contributed by atoms with Gasteiger partial charge in [-0.1, -0.05) is 5.16 Å². The maximum atomic E-state index is 13.0. The Morgan fingerprint density at radius 3 is 2.85 bits per heavy atom. The van der Waals surface area contributed by atoms with Gasteiger partial charge in [0.25, 0.3) is 0 Å². The molecule has 0 radical (unpaired) electrons. The summed E-state index contributed by atoms with van der Waals surface area (Å²) < 4.78 is 18.5. The Morgan fingerprint density at radius 1 is 1.27 bits per heavy atom. The number of piperidine rings is 1. The molecule has 2 fully saturated rings. The van der Waals surface area contributed by atoms with E-state index in [1.165, 1.54) is 25.0 Å². The Hall–Kier alpha value is -2.28. The minimum Gasteiger partial charge on any atom is -0.341 e. The van der Waals surface area contributed by atoms with Crippen molar-refractivity contribution >= 4 is 5.91 Å². The predicted octanol–water partition coefficient (Wildman–Crippen LogP) is 2.58. The van der Waals surface area contributed by atoms with Gasteiger partial charge in [0.05, 0.1) is 12.5 Å². The highest BCUT2D eigenvalue weighted by atomic mass is 19.1. The summed E-state index contributed by atoms with van der Waals surface area (Å²) in [6.45, 7) is 2.72. The van der Waals surface area contributed by atoms with Crippen molar-refractivity contribution in [3.05, 3.63) is 36.0 Å². The van der Waals surface area contributed by atoms with Crippen LogP contribution in [0.5, 0.6) is 0 Å². The number of aromatic nitrogens is 2. The lowest BCUT2D eigenvalue weighted by Gasteiger charge is -2.31. The van der Waals surface area contributed by atoms with Gasteiger partial charge in [0, 0.05) is 18.7 Å². The topological polar surface area (TPSA) is 71.3 Å².